The molecule has 1 aliphatic rings. The number of hydrogen-bond donors (Lipinski definition) is 6. The lowest BCUT2D eigenvalue weighted by molar-refractivity contribution is -0.138. The number of carbonyl (C=O) groups excluding carboxylic acids is 4. The molecular weight excluding hydrogens is 624 g/mol. The van der Waals surface area contributed by atoms with E-state index < -0.39 is 41.6 Å². The number of fused-ring (bicyclic) bond motifs is 1. The van der Waals surface area contributed by atoms with Gasteiger partial charge in [0.15, 0.2) is 5.96 Å². The topological polar surface area (TPSA) is 197 Å². The summed E-state index contributed by atoms with van der Waals surface area (Å²) in [6.07, 6.45) is 4.88. The van der Waals surface area contributed by atoms with Crippen molar-refractivity contribution in [3.63, 3.8) is 0 Å². The molecular formula is C36H50N8O5. The molecule has 1 saturated heterocycles. The Morgan fingerprint density at radius 3 is 2.20 bits per heavy atom. The van der Waals surface area contributed by atoms with Crippen LogP contribution in [0.4, 0.5) is 4.79 Å². The van der Waals surface area contributed by atoms with E-state index in [1.807, 2.05) is 65.7 Å². The molecule has 4 rings (SSSR count). The van der Waals surface area contributed by atoms with Crippen LogP contribution in [0.2, 0.25) is 0 Å². The van der Waals surface area contributed by atoms with E-state index in [-0.39, 0.29) is 31.3 Å². The van der Waals surface area contributed by atoms with Gasteiger partial charge < -0.3 is 42.0 Å². The van der Waals surface area contributed by atoms with Crippen molar-refractivity contribution in [1.82, 2.24) is 25.8 Å². The number of nitrogens with one attached hydrogen (secondary N) is 4. The number of nitrogens with two attached hydrogens (primary N) is 2. The van der Waals surface area contributed by atoms with Crippen LogP contribution >= 0.6 is 0 Å². The second-order valence-electron chi connectivity index (χ2n) is 13.4. The third-order valence-corrected chi connectivity index (χ3v) is 8.25. The highest BCUT2D eigenvalue weighted by atomic mass is 16.6. The predicted octanol–water partition coefficient (Wildman–Crippen LogP) is 2.88. The maximum Gasteiger partial charge on any atom is 0.408 e. The zero-order valence-electron chi connectivity index (χ0n) is 28.7. The molecule has 0 radical (unpaired) electrons. The van der Waals surface area contributed by atoms with E-state index in [1.165, 1.54) is 0 Å². The number of likely N-dealkylation sites (tertiary alicyclic amines) is 1. The van der Waals surface area contributed by atoms with E-state index in [0.717, 1.165) is 41.3 Å². The monoisotopic (exact) mass is 674 g/mol. The average Bonchev–Trinajstić information content (AvgIpc) is 3.47. The number of guanidine groups is 1. The van der Waals surface area contributed by atoms with Gasteiger partial charge in [0.05, 0.1) is 0 Å². The van der Waals surface area contributed by atoms with Crippen molar-refractivity contribution in [3.8, 4) is 0 Å². The first kappa shape index (κ1) is 36.8. The average molecular weight is 675 g/mol. The highest BCUT2D eigenvalue weighted by molar-refractivity contribution is 5.95. The van der Waals surface area contributed by atoms with Gasteiger partial charge in [0, 0.05) is 49.6 Å². The Labute approximate surface area is 287 Å². The molecule has 3 aromatic rings. The minimum absolute atomic E-state index is 0.0827. The number of aliphatic imine (C=N–C) groups is 1. The number of benzene rings is 2. The lowest BCUT2D eigenvalue weighted by atomic mass is 10.0. The standard InChI is InChI=1S/C36H50N8O5/c1-36(2,3)49-35(48)43-28(17-12-18-39-34(37)38)31(45)41-29(22-25-23-40-27-16-9-8-15-26(25)27)32(46)42-30(21-24-13-6-4-7-14-24)33(47)44-19-10-5-11-20-44/h4,6-9,13-16,23,28-30,40H,5,10-12,17-22H2,1-3H3,(H,41,45)(H,42,46)(H,43,48)(H4,37,38,39)/t28-,29-,30-/m0/s1. The lowest BCUT2D eigenvalue weighted by Crippen LogP contribution is -2.58. The molecule has 0 aliphatic carbocycles. The van der Waals surface area contributed by atoms with Gasteiger partial charge in [-0.15, -0.1) is 0 Å². The Balaban J connectivity index is 1.61. The Kier molecular flexibility index (Phi) is 13.0. The number of alkyl carbamates (subject to hydrolysis) is 1. The van der Waals surface area contributed by atoms with E-state index in [4.69, 9.17) is 16.2 Å². The van der Waals surface area contributed by atoms with Gasteiger partial charge in [0.2, 0.25) is 17.7 Å². The number of para-hydroxylation sites is 1. The number of ether oxygens (including phenoxy) is 1. The van der Waals surface area contributed by atoms with Crippen LogP contribution in [-0.4, -0.2) is 83.0 Å². The molecule has 264 valence electrons. The second kappa shape index (κ2) is 17.4. The van der Waals surface area contributed by atoms with Crippen molar-refractivity contribution >= 4 is 40.7 Å². The summed E-state index contributed by atoms with van der Waals surface area (Å²) in [6.45, 7) is 6.67. The summed E-state index contributed by atoms with van der Waals surface area (Å²) in [6, 6.07) is 14.2. The molecule has 1 aromatic heterocycles. The predicted molar refractivity (Wildman–Crippen MR) is 190 cm³/mol. The van der Waals surface area contributed by atoms with Gasteiger partial charge >= 0.3 is 6.09 Å². The molecule has 0 bridgehead atoms. The lowest BCUT2D eigenvalue weighted by Gasteiger charge is -2.32. The number of carbonyl (C=O) groups is 4. The number of H-pyrrole nitrogens is 1. The van der Waals surface area contributed by atoms with Crippen LogP contribution in [0.3, 0.4) is 0 Å². The van der Waals surface area contributed by atoms with Crippen LogP contribution in [0, 0.1) is 0 Å². The van der Waals surface area contributed by atoms with Crippen molar-refractivity contribution < 1.29 is 23.9 Å². The highest BCUT2D eigenvalue weighted by Gasteiger charge is 2.33. The summed E-state index contributed by atoms with van der Waals surface area (Å²) in [5.41, 5.74) is 12.7. The minimum atomic E-state index is -1.08. The molecule has 8 N–H and O–H groups in total. The Morgan fingerprint density at radius 1 is 0.857 bits per heavy atom. The fourth-order valence-electron chi connectivity index (χ4n) is 5.88. The molecule has 1 fully saturated rings. The third-order valence-electron chi connectivity index (χ3n) is 8.25. The Hall–Kier alpha value is -5.07. The smallest absolute Gasteiger partial charge is 0.408 e. The number of aromatic amines is 1. The van der Waals surface area contributed by atoms with Crippen molar-refractivity contribution in [3.05, 3.63) is 71.9 Å². The summed E-state index contributed by atoms with van der Waals surface area (Å²) >= 11 is 0. The molecule has 0 spiro atoms. The SMILES string of the molecule is CC(C)(C)OC(=O)N[C@@H](CCCN=C(N)N)C(=O)N[C@@H](Cc1c[nH]c2ccccc12)C(=O)N[C@@H](Cc1ccccc1)C(=O)N1CCCCC1. The van der Waals surface area contributed by atoms with E-state index in [2.05, 4.69) is 25.9 Å². The summed E-state index contributed by atoms with van der Waals surface area (Å²) in [5.74, 6) is -1.34. The number of piperidine rings is 1. The molecule has 13 nitrogen and oxygen atoms in total. The van der Waals surface area contributed by atoms with Crippen molar-refractivity contribution in [2.75, 3.05) is 19.6 Å². The van der Waals surface area contributed by atoms with Crippen LogP contribution in [0.15, 0.2) is 65.8 Å². The quantitative estimate of drug-likeness (QED) is 0.0859. The van der Waals surface area contributed by atoms with Crippen LogP contribution in [-0.2, 0) is 32.0 Å². The molecule has 13 heteroatoms. The molecule has 2 heterocycles. The number of rotatable bonds is 14. The van der Waals surface area contributed by atoms with E-state index in [1.54, 1.807) is 20.8 Å². The zero-order valence-corrected chi connectivity index (χ0v) is 28.7. The maximum absolute atomic E-state index is 14.2. The first-order valence-electron chi connectivity index (χ1n) is 16.9. The van der Waals surface area contributed by atoms with Gasteiger partial charge in [-0.05, 0) is 70.1 Å². The summed E-state index contributed by atoms with van der Waals surface area (Å²) < 4.78 is 5.42. The molecule has 3 atom stereocenters. The van der Waals surface area contributed by atoms with Gasteiger partial charge in [-0.3, -0.25) is 19.4 Å². The van der Waals surface area contributed by atoms with E-state index in [9.17, 15) is 19.2 Å². The Morgan fingerprint density at radius 2 is 1.51 bits per heavy atom. The summed E-state index contributed by atoms with van der Waals surface area (Å²) in [7, 11) is 0. The van der Waals surface area contributed by atoms with Gasteiger partial charge in [-0.25, -0.2) is 4.79 Å². The fraction of sp³-hybridized carbons (Fsp3) is 0.472. The molecule has 49 heavy (non-hydrogen) atoms. The molecule has 2 aromatic carbocycles. The van der Waals surface area contributed by atoms with Gasteiger partial charge in [-0.2, -0.15) is 0 Å². The molecule has 1 aliphatic heterocycles. The number of nitrogens with zero attached hydrogens (tertiary/aromatic N) is 2. The number of hydrogen-bond acceptors (Lipinski definition) is 6. The largest absolute Gasteiger partial charge is 0.444 e. The number of amides is 4. The fourth-order valence-corrected chi connectivity index (χ4v) is 5.88. The molecule has 0 saturated carbocycles. The zero-order chi connectivity index (χ0) is 35.4. The Bertz CT molecular complexity index is 1590. The third kappa shape index (κ3) is 11.5. The normalized spacial score (nSPS) is 15.0. The molecule has 0 unspecified atom stereocenters. The van der Waals surface area contributed by atoms with Gasteiger partial charge in [-0.1, -0.05) is 48.5 Å². The van der Waals surface area contributed by atoms with Crippen LogP contribution in [0.1, 0.15) is 64.0 Å². The summed E-state index contributed by atoms with van der Waals surface area (Å²) in [5, 5.41) is 9.42. The van der Waals surface area contributed by atoms with E-state index in [0.29, 0.717) is 25.9 Å². The summed E-state index contributed by atoms with van der Waals surface area (Å²) in [4.78, 5) is 63.8. The van der Waals surface area contributed by atoms with Gasteiger partial charge in [0.25, 0.3) is 0 Å². The van der Waals surface area contributed by atoms with Crippen LogP contribution < -0.4 is 27.4 Å². The second-order valence-corrected chi connectivity index (χ2v) is 13.4. The van der Waals surface area contributed by atoms with Crippen molar-refractivity contribution in [2.45, 2.75) is 89.4 Å². The van der Waals surface area contributed by atoms with Crippen LogP contribution in [0.25, 0.3) is 10.9 Å². The maximum atomic E-state index is 14.2. The first-order chi connectivity index (χ1) is 23.4. The van der Waals surface area contributed by atoms with Crippen molar-refractivity contribution in [1.29, 1.82) is 0 Å². The van der Waals surface area contributed by atoms with E-state index >= 15 is 0 Å². The molecule has 4 amide bonds. The van der Waals surface area contributed by atoms with Crippen molar-refractivity contribution in [2.24, 2.45) is 16.5 Å². The van der Waals surface area contributed by atoms with Crippen LogP contribution in [0.5, 0.6) is 0 Å². The van der Waals surface area contributed by atoms with Gasteiger partial charge in [0.1, 0.15) is 23.7 Å². The number of aromatic nitrogens is 1. The minimum Gasteiger partial charge on any atom is -0.444 e. The highest BCUT2D eigenvalue weighted by Crippen LogP contribution is 2.20. The first-order valence-corrected chi connectivity index (χ1v) is 16.9.